The summed E-state index contributed by atoms with van der Waals surface area (Å²) in [7, 11) is 1.80. The van der Waals surface area contributed by atoms with Gasteiger partial charge in [0.2, 0.25) is 0 Å². The predicted octanol–water partition coefficient (Wildman–Crippen LogP) is 4.79. The number of hydrogen-bond donors (Lipinski definition) is 1. The Labute approximate surface area is 203 Å². The van der Waals surface area contributed by atoms with E-state index in [1.165, 1.54) is 0 Å². The Kier molecular flexibility index (Phi) is 5.86. The van der Waals surface area contributed by atoms with Gasteiger partial charge < -0.3 is 4.90 Å². The van der Waals surface area contributed by atoms with Gasteiger partial charge >= 0.3 is 0 Å². The predicted molar refractivity (Wildman–Crippen MR) is 136 cm³/mol. The van der Waals surface area contributed by atoms with Crippen LogP contribution in [0.15, 0.2) is 60.9 Å². The topological polar surface area (TPSA) is 92.6 Å². The number of amides is 1. The van der Waals surface area contributed by atoms with E-state index in [9.17, 15) is 4.79 Å². The number of carbonyl (C=O) groups is 1. The number of hydrogen-bond acceptors (Lipinski definition) is 5. The molecule has 0 saturated carbocycles. The van der Waals surface area contributed by atoms with Crippen molar-refractivity contribution in [3.63, 3.8) is 0 Å². The lowest BCUT2D eigenvalue weighted by Gasteiger charge is -2.18. The van der Waals surface area contributed by atoms with E-state index in [0.717, 1.165) is 51.1 Å². The van der Waals surface area contributed by atoms with Crippen LogP contribution in [0.25, 0.3) is 33.5 Å². The highest BCUT2D eigenvalue weighted by atomic mass is 16.2. The molecule has 0 aliphatic carbocycles. The summed E-state index contributed by atoms with van der Waals surface area (Å²) in [6, 6.07) is 15.7. The number of aryl methyl sites for hydroxylation is 2. The van der Waals surface area contributed by atoms with Gasteiger partial charge in [0.1, 0.15) is 5.69 Å². The van der Waals surface area contributed by atoms with Gasteiger partial charge in [-0.2, -0.15) is 10.2 Å². The van der Waals surface area contributed by atoms with Crippen LogP contribution < -0.4 is 0 Å². The first kappa shape index (κ1) is 22.5. The van der Waals surface area contributed by atoms with Gasteiger partial charge in [-0.15, -0.1) is 0 Å². The van der Waals surface area contributed by atoms with Crippen molar-refractivity contribution in [1.29, 1.82) is 0 Å². The maximum atomic E-state index is 13.7. The number of H-pyrrole nitrogens is 1. The summed E-state index contributed by atoms with van der Waals surface area (Å²) in [4.78, 5) is 25.0. The molecule has 0 fully saturated rings. The second-order valence-electron chi connectivity index (χ2n) is 8.70. The van der Waals surface area contributed by atoms with Crippen molar-refractivity contribution in [2.45, 2.75) is 33.9 Å². The van der Waals surface area contributed by atoms with E-state index in [2.05, 4.69) is 22.2 Å². The fourth-order valence-corrected chi connectivity index (χ4v) is 4.24. The van der Waals surface area contributed by atoms with Crippen LogP contribution in [0, 0.1) is 13.8 Å². The Morgan fingerprint density at radius 2 is 1.89 bits per heavy atom. The highest BCUT2D eigenvalue weighted by Gasteiger charge is 2.21. The molecular formula is C27H27N7O. The quantitative estimate of drug-likeness (QED) is 0.389. The maximum Gasteiger partial charge on any atom is 0.273 e. The number of aromatic nitrogens is 6. The first-order chi connectivity index (χ1) is 16.9. The molecule has 8 heteroatoms. The molecule has 0 unspecified atom stereocenters. The molecule has 5 rings (SSSR count). The summed E-state index contributed by atoms with van der Waals surface area (Å²) in [6.45, 7) is 7.32. The van der Waals surface area contributed by atoms with Crippen molar-refractivity contribution in [2.75, 3.05) is 7.05 Å². The van der Waals surface area contributed by atoms with E-state index in [1.807, 2.05) is 73.3 Å². The van der Waals surface area contributed by atoms with E-state index in [1.54, 1.807) is 18.1 Å². The van der Waals surface area contributed by atoms with Crippen LogP contribution in [0.2, 0.25) is 0 Å². The van der Waals surface area contributed by atoms with Crippen molar-refractivity contribution in [1.82, 2.24) is 34.8 Å². The number of nitrogens with zero attached hydrogens (tertiary/aromatic N) is 6. The zero-order valence-electron chi connectivity index (χ0n) is 20.3. The van der Waals surface area contributed by atoms with Gasteiger partial charge in [0, 0.05) is 54.1 Å². The van der Waals surface area contributed by atoms with Gasteiger partial charge in [-0.05, 0) is 45.0 Å². The summed E-state index contributed by atoms with van der Waals surface area (Å²) in [5.41, 5.74) is 6.96. The summed E-state index contributed by atoms with van der Waals surface area (Å²) in [5.74, 6) is 0.354. The largest absolute Gasteiger partial charge is 0.336 e. The van der Waals surface area contributed by atoms with E-state index in [0.29, 0.717) is 18.1 Å². The minimum atomic E-state index is -0.155. The number of rotatable bonds is 6. The standard InChI is InChI=1S/C27H27N7O/c1-5-34-18(3)21(15-29-34)16-33(4)27(35)25-22-13-17(2)9-10-24(22)30-26(31-25)20-8-6-7-19(14-20)23-11-12-28-32-23/h6-15H,5,16H2,1-4H3,(H,28,32). The molecule has 3 aromatic heterocycles. The molecule has 1 amide bonds. The van der Waals surface area contributed by atoms with Crippen molar-refractivity contribution in [2.24, 2.45) is 0 Å². The van der Waals surface area contributed by atoms with Gasteiger partial charge in [0.25, 0.3) is 5.91 Å². The highest BCUT2D eigenvalue weighted by Crippen LogP contribution is 2.27. The second kappa shape index (κ2) is 9.13. The monoisotopic (exact) mass is 465 g/mol. The van der Waals surface area contributed by atoms with Crippen LogP contribution in [-0.4, -0.2) is 47.8 Å². The van der Waals surface area contributed by atoms with Gasteiger partial charge in [0.05, 0.1) is 17.4 Å². The molecule has 0 aliphatic heterocycles. The van der Waals surface area contributed by atoms with Crippen LogP contribution >= 0.6 is 0 Å². The van der Waals surface area contributed by atoms with Crippen LogP contribution in [-0.2, 0) is 13.1 Å². The highest BCUT2D eigenvalue weighted by molar-refractivity contribution is 6.05. The average Bonchev–Trinajstić information content (AvgIpc) is 3.53. The molecule has 176 valence electrons. The molecule has 5 aromatic rings. The van der Waals surface area contributed by atoms with Crippen molar-refractivity contribution in [3.8, 4) is 22.6 Å². The van der Waals surface area contributed by atoms with Crippen LogP contribution in [0.1, 0.15) is 34.2 Å². The molecule has 0 spiro atoms. The lowest BCUT2D eigenvalue weighted by Crippen LogP contribution is -2.27. The van der Waals surface area contributed by atoms with E-state index in [-0.39, 0.29) is 5.91 Å². The number of carbonyl (C=O) groups excluding carboxylic acids is 1. The third kappa shape index (κ3) is 4.30. The fourth-order valence-electron chi connectivity index (χ4n) is 4.24. The zero-order valence-corrected chi connectivity index (χ0v) is 20.3. The number of benzene rings is 2. The first-order valence-corrected chi connectivity index (χ1v) is 11.6. The van der Waals surface area contributed by atoms with Crippen LogP contribution in [0.4, 0.5) is 0 Å². The molecule has 0 atom stereocenters. The van der Waals surface area contributed by atoms with Gasteiger partial charge in [-0.25, -0.2) is 9.97 Å². The van der Waals surface area contributed by atoms with Crippen LogP contribution in [0.3, 0.4) is 0 Å². The van der Waals surface area contributed by atoms with Crippen molar-refractivity contribution >= 4 is 16.8 Å². The SMILES string of the molecule is CCn1ncc(CN(C)C(=O)c2nc(-c3cccc(-c4ccn[nH]4)c3)nc3ccc(C)cc23)c1C. The van der Waals surface area contributed by atoms with E-state index >= 15 is 0 Å². The Hall–Kier alpha value is -4.33. The summed E-state index contributed by atoms with van der Waals surface area (Å²) >= 11 is 0. The smallest absolute Gasteiger partial charge is 0.273 e. The molecular weight excluding hydrogens is 438 g/mol. The fraction of sp³-hybridized carbons (Fsp3) is 0.222. The molecule has 0 bridgehead atoms. The minimum Gasteiger partial charge on any atom is -0.336 e. The van der Waals surface area contributed by atoms with Crippen molar-refractivity contribution < 1.29 is 4.79 Å². The first-order valence-electron chi connectivity index (χ1n) is 11.6. The molecule has 0 radical (unpaired) electrons. The Balaban J connectivity index is 1.57. The third-order valence-corrected chi connectivity index (χ3v) is 6.24. The van der Waals surface area contributed by atoms with Crippen LogP contribution in [0.5, 0.6) is 0 Å². The van der Waals surface area contributed by atoms with Gasteiger partial charge in [-0.3, -0.25) is 14.6 Å². The maximum absolute atomic E-state index is 13.7. The molecule has 0 saturated heterocycles. The zero-order chi connectivity index (χ0) is 24.5. The number of aromatic amines is 1. The minimum absolute atomic E-state index is 0.155. The molecule has 8 nitrogen and oxygen atoms in total. The lowest BCUT2D eigenvalue weighted by atomic mass is 10.1. The van der Waals surface area contributed by atoms with Gasteiger partial charge in [-0.1, -0.05) is 29.8 Å². The average molecular weight is 466 g/mol. The summed E-state index contributed by atoms with van der Waals surface area (Å²) in [6.07, 6.45) is 3.55. The second-order valence-corrected chi connectivity index (χ2v) is 8.70. The molecule has 3 heterocycles. The Bertz CT molecular complexity index is 1520. The number of fused-ring (bicyclic) bond motifs is 1. The summed E-state index contributed by atoms with van der Waals surface area (Å²) < 4.78 is 1.93. The van der Waals surface area contributed by atoms with E-state index in [4.69, 9.17) is 9.97 Å². The molecule has 0 aliphatic rings. The molecule has 35 heavy (non-hydrogen) atoms. The Morgan fingerprint density at radius 1 is 1.06 bits per heavy atom. The lowest BCUT2D eigenvalue weighted by molar-refractivity contribution is 0.0781. The third-order valence-electron chi connectivity index (χ3n) is 6.24. The normalized spacial score (nSPS) is 11.2. The van der Waals surface area contributed by atoms with E-state index < -0.39 is 0 Å². The number of nitrogens with one attached hydrogen (secondary N) is 1. The molecule has 2 aromatic carbocycles. The Morgan fingerprint density at radius 3 is 2.63 bits per heavy atom. The summed E-state index contributed by atoms with van der Waals surface area (Å²) in [5, 5.41) is 12.2. The molecule has 1 N–H and O–H groups in total. The van der Waals surface area contributed by atoms with Gasteiger partial charge in [0.15, 0.2) is 5.82 Å². The van der Waals surface area contributed by atoms with Crippen molar-refractivity contribution in [3.05, 3.63) is 83.4 Å².